The van der Waals surface area contributed by atoms with Crippen LogP contribution in [0, 0.1) is 13.8 Å². The molecule has 0 aliphatic carbocycles. The molecule has 1 aliphatic rings. The first-order valence-electron chi connectivity index (χ1n) is 8.21. The molecule has 1 aliphatic heterocycles. The Labute approximate surface area is 128 Å². The second-order valence-electron chi connectivity index (χ2n) is 6.20. The highest BCUT2D eigenvalue weighted by Crippen LogP contribution is 2.15. The predicted octanol–water partition coefficient (Wildman–Crippen LogP) is 3.30. The maximum absolute atomic E-state index is 12.8. The van der Waals surface area contributed by atoms with Gasteiger partial charge in [-0.25, -0.2) is 0 Å². The van der Waals surface area contributed by atoms with E-state index in [2.05, 4.69) is 26.1 Å². The van der Waals surface area contributed by atoms with Gasteiger partial charge < -0.3 is 10.2 Å². The van der Waals surface area contributed by atoms with Crippen molar-refractivity contribution in [2.45, 2.75) is 52.5 Å². The minimum atomic E-state index is 0.181. The molecule has 0 radical (unpaired) electrons. The van der Waals surface area contributed by atoms with Gasteiger partial charge in [-0.3, -0.25) is 4.79 Å². The summed E-state index contributed by atoms with van der Waals surface area (Å²) in [6.07, 6.45) is 4.60. The fourth-order valence-corrected chi connectivity index (χ4v) is 2.86. The van der Waals surface area contributed by atoms with Crippen molar-refractivity contribution < 1.29 is 4.79 Å². The van der Waals surface area contributed by atoms with Crippen LogP contribution in [-0.2, 0) is 0 Å². The lowest BCUT2D eigenvalue weighted by Gasteiger charge is -2.26. The first-order chi connectivity index (χ1) is 10.1. The maximum Gasteiger partial charge on any atom is 0.253 e. The summed E-state index contributed by atoms with van der Waals surface area (Å²) >= 11 is 0. The number of aryl methyl sites for hydroxylation is 2. The highest BCUT2D eigenvalue weighted by atomic mass is 16.2. The molecule has 21 heavy (non-hydrogen) atoms. The molecule has 1 heterocycles. The molecule has 1 atom stereocenters. The minimum absolute atomic E-state index is 0.181. The first kappa shape index (κ1) is 16.0. The lowest BCUT2D eigenvalue weighted by Crippen LogP contribution is -2.41. The Bertz CT molecular complexity index is 478. The average molecular weight is 288 g/mol. The molecular formula is C18H28N2O. The summed E-state index contributed by atoms with van der Waals surface area (Å²) in [5.41, 5.74) is 3.26. The van der Waals surface area contributed by atoms with Gasteiger partial charge in [-0.05, 0) is 62.9 Å². The highest BCUT2D eigenvalue weighted by Gasteiger charge is 2.22. The summed E-state index contributed by atoms with van der Waals surface area (Å²) in [6, 6.07) is 6.51. The van der Waals surface area contributed by atoms with Gasteiger partial charge in [0.25, 0.3) is 5.91 Å². The van der Waals surface area contributed by atoms with E-state index in [0.29, 0.717) is 6.04 Å². The van der Waals surface area contributed by atoms with Crippen LogP contribution < -0.4 is 5.32 Å². The van der Waals surface area contributed by atoms with Crippen LogP contribution in [0.4, 0.5) is 0 Å². The molecule has 1 aromatic rings. The minimum Gasteiger partial charge on any atom is -0.337 e. The number of hydrogen-bond donors (Lipinski definition) is 1. The lowest BCUT2D eigenvalue weighted by molar-refractivity contribution is 0.0739. The monoisotopic (exact) mass is 288 g/mol. The molecule has 0 bridgehead atoms. The van der Waals surface area contributed by atoms with Gasteiger partial charge in [-0.2, -0.15) is 0 Å². The van der Waals surface area contributed by atoms with E-state index in [0.717, 1.165) is 38.0 Å². The summed E-state index contributed by atoms with van der Waals surface area (Å²) in [7, 11) is 0. The SMILES string of the molecule is CCCCN(CC1CCCN1)C(=O)c1ccc(C)c(C)c1. The Morgan fingerprint density at radius 2 is 2.14 bits per heavy atom. The van der Waals surface area contributed by atoms with Crippen LogP contribution in [0.25, 0.3) is 0 Å². The Balaban J connectivity index is 2.09. The topological polar surface area (TPSA) is 32.3 Å². The van der Waals surface area contributed by atoms with Gasteiger partial charge in [0.2, 0.25) is 0 Å². The van der Waals surface area contributed by atoms with E-state index in [1.54, 1.807) is 0 Å². The van der Waals surface area contributed by atoms with E-state index in [4.69, 9.17) is 0 Å². The molecule has 0 saturated carbocycles. The van der Waals surface area contributed by atoms with Crippen molar-refractivity contribution in [1.82, 2.24) is 10.2 Å². The molecule has 1 fully saturated rings. The zero-order chi connectivity index (χ0) is 15.2. The van der Waals surface area contributed by atoms with E-state index < -0.39 is 0 Å². The number of rotatable bonds is 6. The second kappa shape index (κ2) is 7.60. The molecule has 1 N–H and O–H groups in total. The smallest absolute Gasteiger partial charge is 0.253 e. The van der Waals surface area contributed by atoms with Gasteiger partial charge in [0.05, 0.1) is 0 Å². The third-order valence-corrected chi connectivity index (χ3v) is 4.43. The molecule has 0 aromatic heterocycles. The lowest BCUT2D eigenvalue weighted by atomic mass is 10.0. The van der Waals surface area contributed by atoms with Crippen molar-refractivity contribution in [1.29, 1.82) is 0 Å². The Hall–Kier alpha value is -1.35. The molecule has 0 spiro atoms. The van der Waals surface area contributed by atoms with Gasteiger partial charge in [0.1, 0.15) is 0 Å². The van der Waals surface area contributed by atoms with E-state index in [9.17, 15) is 4.79 Å². The van der Waals surface area contributed by atoms with Crippen LogP contribution in [0.5, 0.6) is 0 Å². The Morgan fingerprint density at radius 3 is 2.76 bits per heavy atom. The van der Waals surface area contributed by atoms with Crippen LogP contribution in [0.15, 0.2) is 18.2 Å². The van der Waals surface area contributed by atoms with Gasteiger partial charge in [-0.1, -0.05) is 19.4 Å². The van der Waals surface area contributed by atoms with Crippen molar-refractivity contribution in [2.75, 3.05) is 19.6 Å². The van der Waals surface area contributed by atoms with Crippen molar-refractivity contribution in [2.24, 2.45) is 0 Å². The summed E-state index contributed by atoms with van der Waals surface area (Å²) in [4.78, 5) is 14.8. The fourth-order valence-electron chi connectivity index (χ4n) is 2.86. The molecular weight excluding hydrogens is 260 g/mol. The van der Waals surface area contributed by atoms with Crippen LogP contribution >= 0.6 is 0 Å². The number of benzene rings is 1. The van der Waals surface area contributed by atoms with E-state index in [1.807, 2.05) is 23.1 Å². The number of nitrogens with zero attached hydrogens (tertiary/aromatic N) is 1. The number of amides is 1. The molecule has 1 amide bonds. The molecule has 116 valence electrons. The largest absolute Gasteiger partial charge is 0.337 e. The molecule has 3 nitrogen and oxygen atoms in total. The third kappa shape index (κ3) is 4.31. The van der Waals surface area contributed by atoms with Gasteiger partial charge in [0.15, 0.2) is 0 Å². The Morgan fingerprint density at radius 1 is 1.33 bits per heavy atom. The van der Waals surface area contributed by atoms with Gasteiger partial charge >= 0.3 is 0 Å². The zero-order valence-corrected chi connectivity index (χ0v) is 13.6. The van der Waals surface area contributed by atoms with Crippen LogP contribution in [0.3, 0.4) is 0 Å². The third-order valence-electron chi connectivity index (χ3n) is 4.43. The standard InChI is InChI=1S/C18H28N2O/c1-4-5-11-20(13-17-7-6-10-19-17)18(21)16-9-8-14(2)15(3)12-16/h8-9,12,17,19H,4-7,10-11,13H2,1-3H3. The molecule has 2 rings (SSSR count). The van der Waals surface area contributed by atoms with E-state index >= 15 is 0 Å². The Kier molecular flexibility index (Phi) is 5.80. The van der Waals surface area contributed by atoms with Crippen molar-refractivity contribution in [3.63, 3.8) is 0 Å². The normalized spacial score (nSPS) is 18.0. The van der Waals surface area contributed by atoms with Crippen molar-refractivity contribution in [3.05, 3.63) is 34.9 Å². The number of unbranched alkanes of at least 4 members (excludes halogenated alkanes) is 1. The quantitative estimate of drug-likeness (QED) is 0.871. The number of nitrogens with one attached hydrogen (secondary N) is 1. The van der Waals surface area contributed by atoms with Crippen LogP contribution in [0.1, 0.15) is 54.1 Å². The first-order valence-corrected chi connectivity index (χ1v) is 8.21. The van der Waals surface area contributed by atoms with E-state index in [1.165, 1.54) is 24.0 Å². The van der Waals surface area contributed by atoms with Crippen LogP contribution in [-0.4, -0.2) is 36.5 Å². The fraction of sp³-hybridized carbons (Fsp3) is 0.611. The molecule has 1 saturated heterocycles. The number of carbonyl (C=O) groups excluding carboxylic acids is 1. The molecule has 3 heteroatoms. The maximum atomic E-state index is 12.8. The summed E-state index contributed by atoms with van der Waals surface area (Å²) < 4.78 is 0. The number of carbonyl (C=O) groups is 1. The predicted molar refractivity (Wildman–Crippen MR) is 87.8 cm³/mol. The second-order valence-corrected chi connectivity index (χ2v) is 6.20. The summed E-state index contributed by atoms with van der Waals surface area (Å²) in [5.74, 6) is 0.181. The van der Waals surface area contributed by atoms with Crippen LogP contribution in [0.2, 0.25) is 0 Å². The zero-order valence-electron chi connectivity index (χ0n) is 13.6. The van der Waals surface area contributed by atoms with Gasteiger partial charge in [0, 0.05) is 24.7 Å². The van der Waals surface area contributed by atoms with E-state index in [-0.39, 0.29) is 5.91 Å². The number of hydrogen-bond acceptors (Lipinski definition) is 2. The molecule has 1 aromatic carbocycles. The van der Waals surface area contributed by atoms with Gasteiger partial charge in [-0.15, -0.1) is 0 Å². The van der Waals surface area contributed by atoms with Crippen molar-refractivity contribution in [3.8, 4) is 0 Å². The molecule has 1 unspecified atom stereocenters. The summed E-state index contributed by atoms with van der Waals surface area (Å²) in [6.45, 7) is 9.12. The highest BCUT2D eigenvalue weighted by molar-refractivity contribution is 5.94. The van der Waals surface area contributed by atoms with Crippen molar-refractivity contribution >= 4 is 5.91 Å². The summed E-state index contributed by atoms with van der Waals surface area (Å²) in [5, 5.41) is 3.50. The average Bonchev–Trinajstić information content (AvgIpc) is 2.98.